The van der Waals surface area contributed by atoms with Crippen LogP contribution in [-0.2, 0) is 11.2 Å². The molecule has 2 heterocycles. The number of ketones is 1. The second kappa shape index (κ2) is 6.72. The number of amides is 1. The molecule has 1 aromatic heterocycles. The highest BCUT2D eigenvalue weighted by Crippen LogP contribution is 2.26. The lowest BCUT2D eigenvalue weighted by Crippen LogP contribution is -2.39. The number of nitrogens with one attached hydrogen (secondary N) is 3. The van der Waals surface area contributed by atoms with Crippen LogP contribution < -0.4 is 10.6 Å². The van der Waals surface area contributed by atoms with E-state index in [0.717, 1.165) is 22.9 Å². The third kappa shape index (κ3) is 3.11. The molecule has 1 aliphatic heterocycles. The summed E-state index contributed by atoms with van der Waals surface area (Å²) in [5.74, 6) is -0.764. The second-order valence-electron chi connectivity index (χ2n) is 6.40. The molecular formula is C20H18FN3O2. The van der Waals surface area contributed by atoms with E-state index in [1.54, 1.807) is 0 Å². The van der Waals surface area contributed by atoms with E-state index >= 15 is 0 Å². The fraction of sp³-hybridized carbons (Fsp3) is 0.200. The Balaban J connectivity index is 1.53. The minimum atomic E-state index is -0.593. The van der Waals surface area contributed by atoms with E-state index in [9.17, 15) is 14.0 Å². The molecule has 0 radical (unpaired) electrons. The molecule has 0 spiro atoms. The summed E-state index contributed by atoms with van der Waals surface area (Å²) in [5, 5.41) is 6.91. The molecule has 1 aliphatic rings. The van der Waals surface area contributed by atoms with E-state index in [1.165, 1.54) is 24.3 Å². The maximum atomic E-state index is 13.0. The van der Waals surface area contributed by atoms with Crippen LogP contribution in [0.3, 0.4) is 0 Å². The van der Waals surface area contributed by atoms with E-state index in [4.69, 9.17) is 0 Å². The number of fused-ring (bicyclic) bond motifs is 3. The standard InChI is InChI=1S/C20H18FN3O2/c21-12-5-7-13(8-6-12)23-18(25)11-17-20(26)19-15(9-10-22-17)14-3-1-2-4-16(14)24-19/h1-8,17,22,24H,9-11H2,(H,23,25). The molecule has 0 saturated heterocycles. The van der Waals surface area contributed by atoms with Crippen molar-refractivity contribution in [2.24, 2.45) is 0 Å². The molecule has 0 fully saturated rings. The van der Waals surface area contributed by atoms with Gasteiger partial charge in [-0.1, -0.05) is 18.2 Å². The van der Waals surface area contributed by atoms with Gasteiger partial charge < -0.3 is 15.6 Å². The Morgan fingerprint density at radius 2 is 1.92 bits per heavy atom. The van der Waals surface area contributed by atoms with E-state index < -0.39 is 6.04 Å². The van der Waals surface area contributed by atoms with Gasteiger partial charge in [-0.2, -0.15) is 0 Å². The zero-order valence-corrected chi connectivity index (χ0v) is 14.0. The predicted molar refractivity (Wildman–Crippen MR) is 97.8 cm³/mol. The number of halogens is 1. The van der Waals surface area contributed by atoms with Crippen LogP contribution in [0.25, 0.3) is 10.9 Å². The summed E-state index contributed by atoms with van der Waals surface area (Å²) in [5.41, 5.74) is 3.02. The summed E-state index contributed by atoms with van der Waals surface area (Å²) in [6, 6.07) is 12.8. The van der Waals surface area contributed by atoms with Crippen molar-refractivity contribution in [3.05, 3.63) is 65.6 Å². The van der Waals surface area contributed by atoms with Gasteiger partial charge in [-0.25, -0.2) is 4.39 Å². The van der Waals surface area contributed by atoms with Crippen LogP contribution in [0.1, 0.15) is 22.5 Å². The molecule has 3 aromatic rings. The molecule has 5 nitrogen and oxygen atoms in total. The Bertz CT molecular complexity index is 978. The number of aromatic nitrogens is 1. The lowest BCUT2D eigenvalue weighted by atomic mass is 10.0. The molecule has 6 heteroatoms. The Morgan fingerprint density at radius 1 is 1.15 bits per heavy atom. The summed E-state index contributed by atoms with van der Waals surface area (Å²) < 4.78 is 13.0. The number of carbonyl (C=O) groups is 2. The first-order valence-electron chi connectivity index (χ1n) is 8.54. The molecule has 1 amide bonds. The molecule has 0 saturated carbocycles. The molecule has 2 aromatic carbocycles. The van der Waals surface area contributed by atoms with Crippen LogP contribution in [-0.4, -0.2) is 29.3 Å². The van der Waals surface area contributed by atoms with E-state index in [2.05, 4.69) is 15.6 Å². The van der Waals surface area contributed by atoms with Crippen molar-refractivity contribution in [1.82, 2.24) is 10.3 Å². The molecule has 0 bridgehead atoms. The molecule has 4 rings (SSSR count). The normalized spacial score (nSPS) is 17.0. The van der Waals surface area contributed by atoms with Gasteiger partial charge in [0.25, 0.3) is 0 Å². The first-order chi connectivity index (χ1) is 12.6. The quantitative estimate of drug-likeness (QED) is 0.679. The maximum absolute atomic E-state index is 13.0. The van der Waals surface area contributed by atoms with Crippen molar-refractivity contribution in [3.63, 3.8) is 0 Å². The number of H-pyrrole nitrogens is 1. The fourth-order valence-corrected chi connectivity index (χ4v) is 3.40. The molecule has 1 atom stereocenters. The first kappa shape index (κ1) is 16.5. The number of para-hydroxylation sites is 1. The topological polar surface area (TPSA) is 74.0 Å². The summed E-state index contributed by atoms with van der Waals surface area (Å²) in [6.07, 6.45) is 0.742. The van der Waals surface area contributed by atoms with E-state index in [1.807, 2.05) is 24.3 Å². The first-order valence-corrected chi connectivity index (χ1v) is 8.54. The average molecular weight is 351 g/mol. The van der Waals surface area contributed by atoms with Gasteiger partial charge in [-0.05, 0) is 48.9 Å². The third-order valence-corrected chi connectivity index (χ3v) is 4.66. The summed E-state index contributed by atoms with van der Waals surface area (Å²) in [4.78, 5) is 28.4. The number of hydrogen-bond acceptors (Lipinski definition) is 3. The van der Waals surface area contributed by atoms with E-state index in [-0.39, 0.29) is 23.9 Å². The minimum absolute atomic E-state index is 0.0189. The van der Waals surface area contributed by atoms with Gasteiger partial charge in [0.05, 0.1) is 11.7 Å². The van der Waals surface area contributed by atoms with Crippen LogP contribution in [0.15, 0.2) is 48.5 Å². The van der Waals surface area contributed by atoms with Crippen molar-refractivity contribution in [3.8, 4) is 0 Å². The SMILES string of the molecule is O=C(CC1NCCc2c([nH]c3ccccc23)C1=O)Nc1ccc(F)cc1. The largest absolute Gasteiger partial charge is 0.352 e. The summed E-state index contributed by atoms with van der Waals surface area (Å²) in [7, 11) is 0. The van der Waals surface area contributed by atoms with Crippen molar-refractivity contribution in [2.45, 2.75) is 18.9 Å². The Kier molecular flexibility index (Phi) is 4.26. The number of rotatable bonds is 3. The number of aromatic amines is 1. The lowest BCUT2D eigenvalue weighted by molar-refractivity contribution is -0.116. The second-order valence-corrected chi connectivity index (χ2v) is 6.40. The van der Waals surface area contributed by atoms with E-state index in [0.29, 0.717) is 17.9 Å². The Labute approximate surface area is 149 Å². The number of anilines is 1. The minimum Gasteiger partial charge on any atom is -0.352 e. The highest BCUT2D eigenvalue weighted by atomic mass is 19.1. The number of carbonyl (C=O) groups excluding carboxylic acids is 2. The zero-order valence-electron chi connectivity index (χ0n) is 14.0. The zero-order chi connectivity index (χ0) is 18.1. The van der Waals surface area contributed by atoms with Crippen LogP contribution in [0.5, 0.6) is 0 Å². The fourth-order valence-electron chi connectivity index (χ4n) is 3.40. The van der Waals surface area contributed by atoms with Crippen molar-refractivity contribution in [2.75, 3.05) is 11.9 Å². The molecule has 26 heavy (non-hydrogen) atoms. The van der Waals surface area contributed by atoms with Crippen molar-refractivity contribution < 1.29 is 14.0 Å². The van der Waals surface area contributed by atoms with Crippen molar-refractivity contribution in [1.29, 1.82) is 0 Å². The van der Waals surface area contributed by atoms with Crippen LogP contribution in [0.4, 0.5) is 10.1 Å². The molecule has 1 unspecified atom stereocenters. The van der Waals surface area contributed by atoms with Gasteiger partial charge in [0, 0.05) is 23.0 Å². The van der Waals surface area contributed by atoms with Crippen LogP contribution in [0.2, 0.25) is 0 Å². The molecular weight excluding hydrogens is 333 g/mol. The molecule has 0 aliphatic carbocycles. The van der Waals surface area contributed by atoms with Gasteiger partial charge in [-0.15, -0.1) is 0 Å². The van der Waals surface area contributed by atoms with Crippen LogP contribution >= 0.6 is 0 Å². The van der Waals surface area contributed by atoms with Gasteiger partial charge in [0.2, 0.25) is 5.91 Å². The predicted octanol–water partition coefficient (Wildman–Crippen LogP) is 3.03. The lowest BCUT2D eigenvalue weighted by Gasteiger charge is -2.14. The maximum Gasteiger partial charge on any atom is 0.226 e. The van der Waals surface area contributed by atoms with Gasteiger partial charge in [0.15, 0.2) is 5.78 Å². The van der Waals surface area contributed by atoms with Crippen molar-refractivity contribution >= 4 is 28.3 Å². The van der Waals surface area contributed by atoms with Gasteiger partial charge >= 0.3 is 0 Å². The van der Waals surface area contributed by atoms with Crippen LogP contribution in [0, 0.1) is 5.82 Å². The Morgan fingerprint density at radius 3 is 2.73 bits per heavy atom. The monoisotopic (exact) mass is 351 g/mol. The number of hydrogen-bond donors (Lipinski definition) is 3. The smallest absolute Gasteiger partial charge is 0.226 e. The molecule has 132 valence electrons. The molecule has 3 N–H and O–H groups in total. The third-order valence-electron chi connectivity index (χ3n) is 4.66. The van der Waals surface area contributed by atoms with Gasteiger partial charge in [0.1, 0.15) is 5.82 Å². The van der Waals surface area contributed by atoms with Gasteiger partial charge in [-0.3, -0.25) is 9.59 Å². The number of Topliss-reactive ketones (excluding diaryl/α,β-unsaturated/α-hetero) is 1. The Hall–Kier alpha value is -2.99. The summed E-state index contributed by atoms with van der Waals surface area (Å²) in [6.45, 7) is 0.620. The highest BCUT2D eigenvalue weighted by molar-refractivity contribution is 6.07. The highest BCUT2D eigenvalue weighted by Gasteiger charge is 2.29. The number of benzene rings is 2. The summed E-state index contributed by atoms with van der Waals surface area (Å²) >= 11 is 0. The average Bonchev–Trinajstić information content (AvgIpc) is 2.94.